The normalized spacial score (nSPS) is 13.1. The number of fused-ring (bicyclic) bond motifs is 1. The number of aromatic nitrogens is 1. The quantitative estimate of drug-likeness (QED) is 0.579. The molecule has 0 atom stereocenters. The van der Waals surface area contributed by atoms with E-state index in [0.29, 0.717) is 16.9 Å². The number of ether oxygens (including phenoxy) is 2. The first-order chi connectivity index (χ1) is 11.6. The van der Waals surface area contributed by atoms with Gasteiger partial charge in [-0.1, -0.05) is 12.1 Å². The Kier molecular flexibility index (Phi) is 4.28. The van der Waals surface area contributed by atoms with Gasteiger partial charge in [0.1, 0.15) is 12.4 Å². The Morgan fingerprint density at radius 2 is 1.88 bits per heavy atom. The van der Waals surface area contributed by atoms with Crippen LogP contribution in [-0.2, 0) is 9.53 Å². The van der Waals surface area contributed by atoms with Crippen molar-refractivity contribution in [2.24, 2.45) is 0 Å². The lowest BCUT2D eigenvalue weighted by Gasteiger charge is -2.13. The lowest BCUT2D eigenvalue weighted by Crippen LogP contribution is -2.33. The number of aryl methyl sites for hydroxylation is 1. The van der Waals surface area contributed by atoms with Crippen molar-refractivity contribution in [3.8, 4) is 5.88 Å². The number of benzene rings is 1. The molecule has 24 heavy (non-hydrogen) atoms. The van der Waals surface area contributed by atoms with Crippen LogP contribution >= 0.6 is 0 Å². The van der Waals surface area contributed by atoms with E-state index in [2.05, 4.69) is 5.16 Å². The summed E-state index contributed by atoms with van der Waals surface area (Å²) in [4.78, 5) is 36.9. The molecule has 0 fully saturated rings. The lowest BCUT2D eigenvalue weighted by molar-refractivity contribution is -0.146. The molecule has 0 saturated heterocycles. The van der Waals surface area contributed by atoms with Crippen LogP contribution in [0.3, 0.4) is 0 Å². The highest BCUT2D eigenvalue weighted by molar-refractivity contribution is 6.21. The van der Waals surface area contributed by atoms with Gasteiger partial charge in [0.2, 0.25) is 0 Å². The molecule has 1 aliphatic heterocycles. The number of hydrogen-bond acceptors (Lipinski definition) is 7. The maximum atomic E-state index is 12.1. The van der Waals surface area contributed by atoms with Crippen molar-refractivity contribution in [1.29, 1.82) is 0 Å². The van der Waals surface area contributed by atoms with Crippen molar-refractivity contribution < 1.29 is 28.4 Å². The Labute approximate surface area is 136 Å². The van der Waals surface area contributed by atoms with Gasteiger partial charge in [-0.3, -0.25) is 14.5 Å². The van der Waals surface area contributed by atoms with E-state index in [0.717, 1.165) is 4.90 Å². The second kappa shape index (κ2) is 6.53. The molecule has 2 heterocycles. The summed E-state index contributed by atoms with van der Waals surface area (Å²) < 4.78 is 14.8. The molecule has 0 spiro atoms. The molecule has 0 unspecified atom stereocenters. The summed E-state index contributed by atoms with van der Waals surface area (Å²) in [7, 11) is 0. The van der Waals surface area contributed by atoms with Gasteiger partial charge < -0.3 is 14.0 Å². The van der Waals surface area contributed by atoms with Gasteiger partial charge in [0.25, 0.3) is 17.7 Å². The monoisotopic (exact) mass is 330 g/mol. The maximum Gasteiger partial charge on any atom is 0.344 e. The van der Waals surface area contributed by atoms with Crippen LogP contribution in [0.15, 0.2) is 34.9 Å². The van der Waals surface area contributed by atoms with Gasteiger partial charge in [0, 0.05) is 6.07 Å². The number of imide groups is 1. The predicted molar refractivity (Wildman–Crippen MR) is 79.5 cm³/mol. The first-order valence-electron chi connectivity index (χ1n) is 7.23. The average molecular weight is 330 g/mol. The van der Waals surface area contributed by atoms with Crippen LogP contribution in [0, 0.1) is 6.92 Å². The van der Waals surface area contributed by atoms with Gasteiger partial charge in [-0.15, -0.1) is 0 Å². The van der Waals surface area contributed by atoms with Crippen molar-refractivity contribution in [3.05, 3.63) is 47.2 Å². The number of carbonyl (C=O) groups is 3. The van der Waals surface area contributed by atoms with Crippen molar-refractivity contribution in [2.45, 2.75) is 6.92 Å². The molecule has 1 aromatic heterocycles. The zero-order chi connectivity index (χ0) is 17.1. The molecule has 0 saturated carbocycles. The molecule has 1 aliphatic rings. The molecule has 1 aromatic carbocycles. The first-order valence-corrected chi connectivity index (χ1v) is 7.23. The predicted octanol–water partition coefficient (Wildman–Crippen LogP) is 1.20. The molecular formula is C16H14N2O6. The fourth-order valence-electron chi connectivity index (χ4n) is 2.28. The summed E-state index contributed by atoms with van der Waals surface area (Å²) in [6.07, 6.45) is 0. The minimum Gasteiger partial charge on any atom is -0.463 e. The van der Waals surface area contributed by atoms with E-state index in [1.165, 1.54) is 6.07 Å². The number of nitrogens with zero attached hydrogens (tertiary/aromatic N) is 2. The minimum absolute atomic E-state index is 0.0127. The fourth-order valence-corrected chi connectivity index (χ4v) is 2.28. The van der Waals surface area contributed by atoms with E-state index in [1.54, 1.807) is 31.2 Å². The third-order valence-electron chi connectivity index (χ3n) is 3.40. The molecule has 0 bridgehead atoms. The van der Waals surface area contributed by atoms with Gasteiger partial charge in [-0.25, -0.2) is 4.79 Å². The topological polar surface area (TPSA) is 98.9 Å². The molecule has 3 rings (SSSR count). The zero-order valence-corrected chi connectivity index (χ0v) is 12.9. The summed E-state index contributed by atoms with van der Waals surface area (Å²) in [5, 5.41) is 3.57. The van der Waals surface area contributed by atoms with E-state index in [4.69, 9.17) is 14.0 Å². The molecule has 2 amide bonds. The van der Waals surface area contributed by atoms with E-state index in [-0.39, 0.29) is 37.5 Å². The van der Waals surface area contributed by atoms with Crippen LogP contribution in [0.25, 0.3) is 0 Å². The second-order valence-electron chi connectivity index (χ2n) is 5.09. The standard InChI is InChI=1S/C16H14N2O6/c1-10-8-13(17-24-10)23-9-14(19)22-7-6-18-15(20)11-4-2-3-5-12(11)16(18)21/h2-5,8H,6-7,9H2,1H3. The van der Waals surface area contributed by atoms with Gasteiger partial charge in [-0.2, -0.15) is 0 Å². The van der Waals surface area contributed by atoms with Crippen molar-refractivity contribution in [2.75, 3.05) is 19.8 Å². The van der Waals surface area contributed by atoms with Crippen LogP contribution < -0.4 is 4.74 Å². The smallest absolute Gasteiger partial charge is 0.344 e. The lowest BCUT2D eigenvalue weighted by atomic mass is 10.1. The highest BCUT2D eigenvalue weighted by Gasteiger charge is 2.34. The summed E-state index contributed by atoms with van der Waals surface area (Å²) in [6, 6.07) is 8.10. The maximum absolute atomic E-state index is 12.1. The van der Waals surface area contributed by atoms with Gasteiger partial charge in [-0.05, 0) is 24.2 Å². The Morgan fingerprint density at radius 3 is 2.46 bits per heavy atom. The molecule has 8 nitrogen and oxygen atoms in total. The van der Waals surface area contributed by atoms with Crippen LogP contribution in [0.5, 0.6) is 5.88 Å². The Balaban J connectivity index is 1.46. The number of rotatable bonds is 6. The van der Waals surface area contributed by atoms with E-state index in [1.807, 2.05) is 0 Å². The molecule has 8 heteroatoms. The third-order valence-corrected chi connectivity index (χ3v) is 3.40. The first kappa shape index (κ1) is 15.7. The average Bonchev–Trinajstić information content (AvgIpc) is 3.10. The van der Waals surface area contributed by atoms with Gasteiger partial charge in [0.15, 0.2) is 6.61 Å². The molecule has 2 aromatic rings. The molecular weight excluding hydrogens is 316 g/mol. The number of hydrogen-bond donors (Lipinski definition) is 0. The SMILES string of the molecule is Cc1cc(OCC(=O)OCCN2C(=O)c3ccccc3C2=O)no1. The Morgan fingerprint density at radius 1 is 1.21 bits per heavy atom. The molecule has 0 N–H and O–H groups in total. The number of carbonyl (C=O) groups excluding carboxylic acids is 3. The van der Waals surface area contributed by atoms with E-state index < -0.39 is 5.97 Å². The Bertz CT molecular complexity index is 762. The highest BCUT2D eigenvalue weighted by Crippen LogP contribution is 2.21. The molecule has 124 valence electrons. The van der Waals surface area contributed by atoms with E-state index in [9.17, 15) is 14.4 Å². The minimum atomic E-state index is -0.632. The summed E-state index contributed by atoms with van der Waals surface area (Å²) >= 11 is 0. The molecule has 0 aliphatic carbocycles. The van der Waals surface area contributed by atoms with Crippen LogP contribution in [0.4, 0.5) is 0 Å². The zero-order valence-electron chi connectivity index (χ0n) is 12.9. The summed E-state index contributed by atoms with van der Waals surface area (Å²) in [6.45, 7) is 1.24. The largest absolute Gasteiger partial charge is 0.463 e. The van der Waals surface area contributed by atoms with Crippen molar-refractivity contribution in [1.82, 2.24) is 10.1 Å². The summed E-state index contributed by atoms with van der Waals surface area (Å²) in [5.41, 5.74) is 0.720. The second-order valence-corrected chi connectivity index (χ2v) is 5.09. The third kappa shape index (κ3) is 3.12. The fraction of sp³-hybridized carbons (Fsp3) is 0.250. The summed E-state index contributed by atoms with van der Waals surface area (Å²) in [5.74, 6) is -0.664. The highest BCUT2D eigenvalue weighted by atomic mass is 16.6. The Hall–Kier alpha value is -3.16. The van der Waals surface area contributed by atoms with Crippen LogP contribution in [0.1, 0.15) is 26.5 Å². The van der Waals surface area contributed by atoms with Crippen molar-refractivity contribution in [3.63, 3.8) is 0 Å². The van der Waals surface area contributed by atoms with Gasteiger partial charge in [0.05, 0.1) is 17.7 Å². The van der Waals surface area contributed by atoms with Crippen LogP contribution in [0.2, 0.25) is 0 Å². The number of amides is 2. The van der Waals surface area contributed by atoms with Crippen molar-refractivity contribution >= 4 is 17.8 Å². The van der Waals surface area contributed by atoms with Gasteiger partial charge >= 0.3 is 5.97 Å². The van der Waals surface area contributed by atoms with E-state index >= 15 is 0 Å². The molecule has 0 radical (unpaired) electrons. The van der Waals surface area contributed by atoms with Crippen LogP contribution in [-0.4, -0.2) is 47.6 Å². The number of esters is 1.